The molecule has 0 spiro atoms. The number of halogens is 3. The van der Waals surface area contributed by atoms with Gasteiger partial charge in [0.2, 0.25) is 5.91 Å². The Hall–Kier alpha value is -2.55. The third-order valence-corrected chi connectivity index (χ3v) is 6.00. The summed E-state index contributed by atoms with van der Waals surface area (Å²) in [5, 5.41) is 2.68. The first-order valence-corrected chi connectivity index (χ1v) is 10.5. The van der Waals surface area contributed by atoms with E-state index in [2.05, 4.69) is 5.32 Å². The molecule has 0 saturated heterocycles. The number of carbonyl (C=O) groups excluding carboxylic acids is 1. The fourth-order valence-corrected chi connectivity index (χ4v) is 4.26. The van der Waals surface area contributed by atoms with Crippen LogP contribution < -0.4 is 9.62 Å². The van der Waals surface area contributed by atoms with Crippen LogP contribution in [0.4, 0.5) is 18.9 Å². The molecule has 0 aromatic heterocycles. The topological polar surface area (TPSA) is 66.5 Å². The molecule has 5 nitrogen and oxygen atoms in total. The summed E-state index contributed by atoms with van der Waals surface area (Å²) in [6.45, 7) is 3.09. The highest BCUT2D eigenvalue weighted by atomic mass is 32.2. The summed E-state index contributed by atoms with van der Waals surface area (Å²) in [4.78, 5) is 12.3. The van der Waals surface area contributed by atoms with Gasteiger partial charge in [0, 0.05) is 6.04 Å². The molecule has 0 unspecified atom stereocenters. The first-order chi connectivity index (χ1) is 13.6. The Balaban J connectivity index is 2.45. The molecule has 0 aliphatic carbocycles. The number of carbonyl (C=O) groups is 1. The molecule has 1 atom stereocenters. The van der Waals surface area contributed by atoms with Crippen molar-refractivity contribution < 1.29 is 26.4 Å². The average Bonchev–Trinajstić information content (AvgIpc) is 2.66. The first kappa shape index (κ1) is 22.7. The van der Waals surface area contributed by atoms with Crippen LogP contribution in [0.3, 0.4) is 0 Å². The molecule has 0 bridgehead atoms. The van der Waals surface area contributed by atoms with Gasteiger partial charge in [-0.05, 0) is 43.7 Å². The summed E-state index contributed by atoms with van der Waals surface area (Å²) in [7, 11) is -4.25. The minimum atomic E-state index is -4.64. The maximum absolute atomic E-state index is 13.1. The van der Waals surface area contributed by atoms with Crippen LogP contribution in [-0.2, 0) is 21.0 Å². The molecule has 2 rings (SSSR count). The van der Waals surface area contributed by atoms with E-state index in [9.17, 15) is 26.4 Å². The number of alkyl halides is 3. The van der Waals surface area contributed by atoms with Crippen molar-refractivity contribution in [1.29, 1.82) is 0 Å². The second-order valence-corrected chi connectivity index (χ2v) is 8.49. The Labute approximate surface area is 168 Å². The van der Waals surface area contributed by atoms with Gasteiger partial charge in [0.05, 0.1) is 16.1 Å². The van der Waals surface area contributed by atoms with E-state index in [1.54, 1.807) is 13.0 Å². The summed E-state index contributed by atoms with van der Waals surface area (Å²) >= 11 is 0. The lowest BCUT2D eigenvalue weighted by molar-refractivity contribution is -0.137. The number of nitrogens with zero attached hydrogens (tertiary/aromatic N) is 1. The van der Waals surface area contributed by atoms with E-state index in [0.29, 0.717) is 10.7 Å². The smallest absolute Gasteiger partial charge is 0.352 e. The second kappa shape index (κ2) is 9.30. The highest BCUT2D eigenvalue weighted by Gasteiger charge is 2.33. The van der Waals surface area contributed by atoms with Gasteiger partial charge in [-0.3, -0.25) is 9.10 Å². The van der Waals surface area contributed by atoms with Gasteiger partial charge >= 0.3 is 6.18 Å². The van der Waals surface area contributed by atoms with Crippen molar-refractivity contribution in [2.45, 2.75) is 43.8 Å². The lowest BCUT2D eigenvalue weighted by atomic mass is 10.2. The van der Waals surface area contributed by atoms with Crippen LogP contribution in [0.15, 0.2) is 59.5 Å². The van der Waals surface area contributed by atoms with Crippen molar-refractivity contribution in [2.75, 3.05) is 10.8 Å². The van der Waals surface area contributed by atoms with E-state index >= 15 is 0 Å². The van der Waals surface area contributed by atoms with Gasteiger partial charge in [-0.15, -0.1) is 0 Å². The van der Waals surface area contributed by atoms with E-state index in [1.807, 2.05) is 6.92 Å². The van der Waals surface area contributed by atoms with Crippen LogP contribution in [0.1, 0.15) is 32.3 Å². The molecule has 0 aliphatic rings. The molecule has 0 aliphatic heterocycles. The molecule has 0 heterocycles. The number of amides is 1. The first-order valence-electron chi connectivity index (χ1n) is 9.10. The van der Waals surface area contributed by atoms with Gasteiger partial charge in [0.25, 0.3) is 10.0 Å². The molecule has 158 valence electrons. The van der Waals surface area contributed by atoms with Crippen molar-refractivity contribution >= 4 is 21.6 Å². The van der Waals surface area contributed by atoms with Gasteiger partial charge in [-0.25, -0.2) is 8.42 Å². The van der Waals surface area contributed by atoms with Crippen molar-refractivity contribution in [3.05, 3.63) is 60.2 Å². The largest absolute Gasteiger partial charge is 0.416 e. The predicted molar refractivity (Wildman–Crippen MR) is 105 cm³/mol. The van der Waals surface area contributed by atoms with Gasteiger partial charge in [0.15, 0.2) is 0 Å². The van der Waals surface area contributed by atoms with Crippen LogP contribution in [0, 0.1) is 0 Å². The zero-order chi connectivity index (χ0) is 21.7. The quantitative estimate of drug-likeness (QED) is 0.685. The molecular formula is C20H23F3N2O3S. The summed E-state index contributed by atoms with van der Waals surface area (Å²) in [6, 6.07) is 11.0. The van der Waals surface area contributed by atoms with E-state index in [0.717, 1.165) is 24.6 Å². The van der Waals surface area contributed by atoms with Crippen LogP contribution >= 0.6 is 0 Å². The van der Waals surface area contributed by atoms with Crippen molar-refractivity contribution in [3.63, 3.8) is 0 Å². The lowest BCUT2D eigenvalue weighted by Gasteiger charge is -2.25. The molecular weight excluding hydrogens is 405 g/mol. The highest BCUT2D eigenvalue weighted by molar-refractivity contribution is 7.92. The van der Waals surface area contributed by atoms with Crippen LogP contribution in [0.5, 0.6) is 0 Å². The fourth-order valence-electron chi connectivity index (χ4n) is 2.83. The number of benzene rings is 2. The second-order valence-electron chi connectivity index (χ2n) is 6.63. The van der Waals surface area contributed by atoms with Gasteiger partial charge < -0.3 is 5.32 Å². The number of hydrogen-bond donors (Lipinski definition) is 1. The fraction of sp³-hybridized carbons (Fsp3) is 0.350. The number of rotatable bonds is 8. The summed E-state index contributed by atoms with van der Waals surface area (Å²) in [6.07, 6.45) is -3.13. The molecule has 1 N–H and O–H groups in total. The van der Waals surface area contributed by atoms with Gasteiger partial charge in [-0.1, -0.05) is 37.6 Å². The SMILES string of the molecule is CCC[C@H](C)NC(=O)CN(c1cccc(C(F)(F)F)c1)S(=O)(=O)c1ccccc1. The lowest BCUT2D eigenvalue weighted by Crippen LogP contribution is -2.43. The van der Waals surface area contributed by atoms with Gasteiger partial charge in [-0.2, -0.15) is 13.2 Å². The Kier molecular flexibility index (Phi) is 7.29. The Morgan fingerprint density at radius 1 is 1.10 bits per heavy atom. The standard InChI is InChI=1S/C20H23F3N2O3S/c1-3-8-15(2)24-19(26)14-25(29(27,28)18-11-5-4-6-12-18)17-10-7-9-16(13-17)20(21,22)23/h4-7,9-13,15H,3,8,14H2,1-2H3,(H,24,26)/t15-/m0/s1. The minimum Gasteiger partial charge on any atom is -0.352 e. The highest BCUT2D eigenvalue weighted by Crippen LogP contribution is 2.33. The molecule has 1 amide bonds. The summed E-state index contributed by atoms with van der Waals surface area (Å²) < 4.78 is 66.3. The van der Waals surface area contributed by atoms with Crippen LogP contribution in [0.2, 0.25) is 0 Å². The molecule has 0 radical (unpaired) electrons. The summed E-state index contributed by atoms with van der Waals surface area (Å²) in [5.41, 5.74) is -1.23. The van der Waals surface area contributed by atoms with Crippen molar-refractivity contribution in [3.8, 4) is 0 Å². The monoisotopic (exact) mass is 428 g/mol. The van der Waals surface area contributed by atoms with E-state index in [4.69, 9.17) is 0 Å². The van der Waals surface area contributed by atoms with E-state index in [-0.39, 0.29) is 16.6 Å². The average molecular weight is 428 g/mol. The number of sulfonamides is 1. The molecule has 29 heavy (non-hydrogen) atoms. The maximum atomic E-state index is 13.1. The third kappa shape index (κ3) is 5.96. The normalized spacial score (nSPS) is 13.0. The zero-order valence-corrected chi connectivity index (χ0v) is 16.9. The van der Waals surface area contributed by atoms with Crippen molar-refractivity contribution in [2.24, 2.45) is 0 Å². The number of nitrogens with one attached hydrogen (secondary N) is 1. The Morgan fingerprint density at radius 3 is 2.34 bits per heavy atom. The van der Waals surface area contributed by atoms with Crippen LogP contribution in [0.25, 0.3) is 0 Å². The zero-order valence-electron chi connectivity index (χ0n) is 16.1. The molecule has 2 aromatic carbocycles. The molecule has 0 saturated carbocycles. The Morgan fingerprint density at radius 2 is 1.76 bits per heavy atom. The molecule has 0 fully saturated rings. The van der Waals surface area contributed by atoms with E-state index in [1.165, 1.54) is 30.3 Å². The minimum absolute atomic E-state index is 0.119. The van der Waals surface area contributed by atoms with E-state index < -0.39 is 34.2 Å². The Bertz CT molecular complexity index is 931. The number of hydrogen-bond acceptors (Lipinski definition) is 3. The number of anilines is 1. The molecule has 9 heteroatoms. The van der Waals surface area contributed by atoms with Crippen LogP contribution in [-0.4, -0.2) is 26.9 Å². The third-order valence-electron chi connectivity index (χ3n) is 4.21. The molecule has 2 aromatic rings. The predicted octanol–water partition coefficient (Wildman–Crippen LogP) is 4.21. The van der Waals surface area contributed by atoms with Gasteiger partial charge in [0.1, 0.15) is 6.54 Å². The summed E-state index contributed by atoms with van der Waals surface area (Å²) in [5.74, 6) is -0.595. The maximum Gasteiger partial charge on any atom is 0.416 e. The van der Waals surface area contributed by atoms with Crippen molar-refractivity contribution in [1.82, 2.24) is 5.32 Å².